The van der Waals surface area contributed by atoms with Crippen LogP contribution in [0.2, 0.25) is 0 Å². The van der Waals surface area contributed by atoms with Gasteiger partial charge in [-0.3, -0.25) is 9.69 Å². The third-order valence-corrected chi connectivity index (χ3v) is 3.44. The molecule has 1 N–H and O–H groups in total. The fourth-order valence-electron chi connectivity index (χ4n) is 2.23. The van der Waals surface area contributed by atoms with Gasteiger partial charge < -0.3 is 9.84 Å². The third kappa shape index (κ3) is 4.46. The summed E-state index contributed by atoms with van der Waals surface area (Å²) in [5.41, 5.74) is 0. The predicted octanol–water partition coefficient (Wildman–Crippen LogP) is 3.01. The van der Waals surface area contributed by atoms with Crippen molar-refractivity contribution in [2.75, 3.05) is 19.7 Å². The van der Waals surface area contributed by atoms with Crippen molar-refractivity contribution in [3.05, 3.63) is 42.5 Å². The molecule has 21 heavy (non-hydrogen) atoms. The molecule has 2 aromatic rings. The zero-order valence-electron chi connectivity index (χ0n) is 12.5. The smallest absolute Gasteiger partial charge is 0.317 e. The maximum atomic E-state index is 10.8. The van der Waals surface area contributed by atoms with Crippen LogP contribution in [-0.2, 0) is 4.79 Å². The van der Waals surface area contributed by atoms with E-state index in [1.165, 1.54) is 5.39 Å². The minimum absolute atomic E-state index is 0.0404. The average molecular weight is 287 g/mol. The number of fused-ring (bicyclic) bond motifs is 1. The highest BCUT2D eigenvalue weighted by molar-refractivity contribution is 5.83. The summed E-state index contributed by atoms with van der Waals surface area (Å²) in [6, 6.07) is 14.3. The number of nitrogens with zero attached hydrogens (tertiary/aromatic N) is 1. The molecule has 2 aromatic carbocycles. The Morgan fingerprint density at radius 1 is 1.19 bits per heavy atom. The van der Waals surface area contributed by atoms with E-state index in [1.807, 2.05) is 55.1 Å². The first-order valence-corrected chi connectivity index (χ1v) is 7.13. The lowest BCUT2D eigenvalue weighted by Crippen LogP contribution is -2.38. The van der Waals surface area contributed by atoms with Crippen LogP contribution in [0.1, 0.15) is 13.8 Å². The molecule has 0 unspecified atom stereocenters. The highest BCUT2D eigenvalue weighted by Gasteiger charge is 2.13. The summed E-state index contributed by atoms with van der Waals surface area (Å²) in [6.45, 7) is 5.08. The molecule has 2 rings (SSSR count). The number of aliphatic carboxylic acids is 1. The molecule has 0 fully saturated rings. The number of benzene rings is 2. The number of ether oxygens (including phenoxy) is 1. The van der Waals surface area contributed by atoms with Crippen LogP contribution < -0.4 is 4.74 Å². The van der Waals surface area contributed by atoms with Gasteiger partial charge in [-0.05, 0) is 36.8 Å². The van der Waals surface area contributed by atoms with Crippen molar-refractivity contribution in [1.82, 2.24) is 4.90 Å². The topological polar surface area (TPSA) is 49.8 Å². The van der Waals surface area contributed by atoms with Crippen LogP contribution in [0, 0.1) is 0 Å². The summed E-state index contributed by atoms with van der Waals surface area (Å²) >= 11 is 0. The SMILES string of the molecule is CC(C)N(CCOc1ccc2ccccc2c1)CC(=O)O. The van der Waals surface area contributed by atoms with Gasteiger partial charge in [-0.15, -0.1) is 0 Å². The lowest BCUT2D eigenvalue weighted by Gasteiger charge is -2.24. The summed E-state index contributed by atoms with van der Waals surface area (Å²) in [5.74, 6) is 0.00198. The van der Waals surface area contributed by atoms with E-state index in [0.717, 1.165) is 11.1 Å². The van der Waals surface area contributed by atoms with Gasteiger partial charge in [-0.25, -0.2) is 0 Å². The van der Waals surface area contributed by atoms with Crippen LogP contribution in [0.4, 0.5) is 0 Å². The van der Waals surface area contributed by atoms with Crippen LogP contribution in [0.5, 0.6) is 5.75 Å². The van der Waals surface area contributed by atoms with Gasteiger partial charge in [0.15, 0.2) is 0 Å². The first kappa shape index (κ1) is 15.3. The van der Waals surface area contributed by atoms with Crippen molar-refractivity contribution in [2.45, 2.75) is 19.9 Å². The van der Waals surface area contributed by atoms with E-state index in [4.69, 9.17) is 9.84 Å². The maximum absolute atomic E-state index is 10.8. The van der Waals surface area contributed by atoms with Crippen molar-refractivity contribution in [3.63, 3.8) is 0 Å². The van der Waals surface area contributed by atoms with Gasteiger partial charge in [0.05, 0.1) is 6.54 Å². The van der Waals surface area contributed by atoms with Gasteiger partial charge in [0.25, 0.3) is 0 Å². The lowest BCUT2D eigenvalue weighted by atomic mass is 10.1. The second kappa shape index (κ2) is 7.09. The summed E-state index contributed by atoms with van der Waals surface area (Å²) in [4.78, 5) is 12.7. The van der Waals surface area contributed by atoms with Crippen molar-refractivity contribution < 1.29 is 14.6 Å². The van der Waals surface area contributed by atoms with Gasteiger partial charge >= 0.3 is 5.97 Å². The molecule has 0 heterocycles. The summed E-state index contributed by atoms with van der Waals surface area (Å²) in [5, 5.41) is 11.2. The third-order valence-electron chi connectivity index (χ3n) is 3.44. The maximum Gasteiger partial charge on any atom is 0.317 e. The van der Waals surface area contributed by atoms with Gasteiger partial charge in [0.2, 0.25) is 0 Å². The van der Waals surface area contributed by atoms with Crippen molar-refractivity contribution in [2.24, 2.45) is 0 Å². The number of hydrogen-bond acceptors (Lipinski definition) is 3. The quantitative estimate of drug-likeness (QED) is 0.850. The Kier molecular flexibility index (Phi) is 5.17. The number of rotatable bonds is 7. The van der Waals surface area contributed by atoms with E-state index in [1.54, 1.807) is 0 Å². The largest absolute Gasteiger partial charge is 0.492 e. The Labute approximate surface area is 124 Å². The number of carbonyl (C=O) groups is 1. The van der Waals surface area contributed by atoms with Crippen LogP contribution in [0.15, 0.2) is 42.5 Å². The standard InChI is InChI=1S/C17H21NO3/c1-13(2)18(12-17(19)20)9-10-21-16-8-7-14-5-3-4-6-15(14)11-16/h3-8,11,13H,9-10,12H2,1-2H3,(H,19,20). The summed E-state index contributed by atoms with van der Waals surface area (Å²) in [7, 11) is 0. The highest BCUT2D eigenvalue weighted by Crippen LogP contribution is 2.20. The molecule has 0 spiro atoms. The number of carboxylic acid groups (broad SMARTS) is 1. The van der Waals surface area contributed by atoms with E-state index in [9.17, 15) is 4.79 Å². The van der Waals surface area contributed by atoms with Crippen LogP contribution in [0.3, 0.4) is 0 Å². The molecule has 0 radical (unpaired) electrons. The van der Waals surface area contributed by atoms with Crippen LogP contribution >= 0.6 is 0 Å². The molecule has 112 valence electrons. The van der Waals surface area contributed by atoms with Gasteiger partial charge in [-0.2, -0.15) is 0 Å². The molecule has 0 aliphatic rings. The molecule has 0 amide bonds. The van der Waals surface area contributed by atoms with E-state index in [-0.39, 0.29) is 12.6 Å². The van der Waals surface area contributed by atoms with Crippen LogP contribution in [-0.4, -0.2) is 41.7 Å². The molecule has 0 aromatic heterocycles. The van der Waals surface area contributed by atoms with Crippen molar-refractivity contribution in [1.29, 1.82) is 0 Å². The zero-order valence-corrected chi connectivity index (χ0v) is 12.5. The minimum atomic E-state index is -0.811. The Morgan fingerprint density at radius 2 is 1.90 bits per heavy atom. The molecular weight excluding hydrogens is 266 g/mol. The molecule has 0 atom stereocenters. The Bertz CT molecular complexity index is 610. The van der Waals surface area contributed by atoms with Crippen LogP contribution in [0.25, 0.3) is 10.8 Å². The lowest BCUT2D eigenvalue weighted by molar-refractivity contribution is -0.138. The average Bonchev–Trinajstić information content (AvgIpc) is 2.45. The molecule has 0 saturated heterocycles. The summed E-state index contributed by atoms with van der Waals surface area (Å²) in [6.07, 6.45) is 0. The normalized spacial score (nSPS) is 11.2. The molecule has 4 nitrogen and oxygen atoms in total. The number of hydrogen-bond donors (Lipinski definition) is 1. The Hall–Kier alpha value is -2.07. The number of carboxylic acids is 1. The van der Waals surface area contributed by atoms with E-state index >= 15 is 0 Å². The van der Waals surface area contributed by atoms with E-state index < -0.39 is 5.97 Å². The monoisotopic (exact) mass is 287 g/mol. The molecule has 0 bridgehead atoms. The Balaban J connectivity index is 1.93. The molecule has 0 aliphatic carbocycles. The highest BCUT2D eigenvalue weighted by atomic mass is 16.5. The van der Waals surface area contributed by atoms with Gasteiger partial charge in [-0.1, -0.05) is 30.3 Å². The van der Waals surface area contributed by atoms with Crippen molar-refractivity contribution >= 4 is 16.7 Å². The van der Waals surface area contributed by atoms with Gasteiger partial charge in [0.1, 0.15) is 12.4 Å². The molecule has 0 aliphatic heterocycles. The van der Waals surface area contributed by atoms with Gasteiger partial charge in [0, 0.05) is 12.6 Å². The zero-order chi connectivity index (χ0) is 15.2. The predicted molar refractivity (Wildman–Crippen MR) is 83.8 cm³/mol. The second-order valence-electron chi connectivity index (χ2n) is 5.32. The fourth-order valence-corrected chi connectivity index (χ4v) is 2.23. The Morgan fingerprint density at radius 3 is 2.57 bits per heavy atom. The molecule has 0 saturated carbocycles. The van der Waals surface area contributed by atoms with E-state index in [2.05, 4.69) is 6.07 Å². The van der Waals surface area contributed by atoms with Crippen molar-refractivity contribution in [3.8, 4) is 5.75 Å². The second-order valence-corrected chi connectivity index (χ2v) is 5.32. The first-order chi connectivity index (χ1) is 10.1. The summed E-state index contributed by atoms with van der Waals surface area (Å²) < 4.78 is 5.74. The minimum Gasteiger partial charge on any atom is -0.492 e. The molecule has 4 heteroatoms. The molecular formula is C17H21NO3. The first-order valence-electron chi connectivity index (χ1n) is 7.13. The van der Waals surface area contributed by atoms with E-state index in [0.29, 0.717) is 13.2 Å². The fraction of sp³-hybridized carbons (Fsp3) is 0.353.